The molecule has 3 rings (SSSR count). The Morgan fingerprint density at radius 2 is 1.93 bits per heavy atom. The number of methoxy groups -OCH3 is 1. The average molecular weight is 432 g/mol. The van der Waals surface area contributed by atoms with Gasteiger partial charge in [-0.05, 0) is 36.1 Å². The molecule has 2 aromatic carbocycles. The van der Waals surface area contributed by atoms with E-state index in [0.29, 0.717) is 22.4 Å². The highest BCUT2D eigenvalue weighted by atomic mass is 35.5. The number of ether oxygens (including phenoxy) is 1. The number of halogens is 2. The molecule has 1 unspecified atom stereocenters. The van der Waals surface area contributed by atoms with Crippen molar-refractivity contribution in [3.63, 3.8) is 0 Å². The van der Waals surface area contributed by atoms with Gasteiger partial charge in [0.25, 0.3) is 0 Å². The monoisotopic (exact) mass is 431 g/mol. The van der Waals surface area contributed by atoms with Crippen LogP contribution in [-0.4, -0.2) is 22.8 Å². The zero-order valence-corrected chi connectivity index (χ0v) is 18.0. The fourth-order valence-corrected chi connectivity index (χ4v) is 3.64. The van der Waals surface area contributed by atoms with Crippen molar-refractivity contribution in [3.8, 4) is 5.75 Å². The molecule has 1 atom stereocenters. The molecule has 30 heavy (non-hydrogen) atoms. The molecule has 0 fully saturated rings. The number of aromatic carboxylic acids is 1. The van der Waals surface area contributed by atoms with Crippen molar-refractivity contribution in [3.05, 3.63) is 74.3 Å². The maximum Gasteiger partial charge on any atom is 0.341 e. The van der Waals surface area contributed by atoms with Crippen LogP contribution in [0.15, 0.2) is 41.3 Å². The van der Waals surface area contributed by atoms with E-state index >= 15 is 0 Å². The Morgan fingerprint density at radius 3 is 2.53 bits per heavy atom. The molecule has 0 bridgehead atoms. The first-order valence-corrected chi connectivity index (χ1v) is 9.95. The van der Waals surface area contributed by atoms with Crippen LogP contribution in [0.3, 0.4) is 0 Å². The summed E-state index contributed by atoms with van der Waals surface area (Å²) in [5, 5.41) is 9.80. The number of carboxylic acid groups (broad SMARTS) is 1. The second kappa shape index (κ2) is 8.48. The molecule has 0 saturated carbocycles. The lowest BCUT2D eigenvalue weighted by molar-refractivity contribution is 0.0694. The summed E-state index contributed by atoms with van der Waals surface area (Å²) in [4.78, 5) is 24.6. The standard InChI is InChI=1S/C23H23ClFNO4/c1-12(2)13(3)26-11-17(23(28)29)22(27)16-9-15(20(30-4)10-19(16)26)8-14-6-5-7-18(24)21(14)25/h5-7,9-13H,8H2,1-4H3,(H,28,29). The summed E-state index contributed by atoms with van der Waals surface area (Å²) >= 11 is 5.89. The van der Waals surface area contributed by atoms with Crippen LogP contribution in [0.2, 0.25) is 5.02 Å². The lowest BCUT2D eigenvalue weighted by Crippen LogP contribution is -2.22. The van der Waals surface area contributed by atoms with Crippen molar-refractivity contribution >= 4 is 28.5 Å². The van der Waals surface area contributed by atoms with Crippen molar-refractivity contribution in [1.82, 2.24) is 4.57 Å². The molecule has 1 N–H and O–H groups in total. The van der Waals surface area contributed by atoms with E-state index in [-0.39, 0.29) is 34.4 Å². The Morgan fingerprint density at radius 1 is 1.23 bits per heavy atom. The summed E-state index contributed by atoms with van der Waals surface area (Å²) in [5.41, 5.74) is 0.596. The molecule has 5 nitrogen and oxygen atoms in total. The predicted molar refractivity (Wildman–Crippen MR) is 115 cm³/mol. The Kier molecular flexibility index (Phi) is 6.17. The number of fused-ring (bicyclic) bond motifs is 1. The van der Waals surface area contributed by atoms with Crippen molar-refractivity contribution in [2.24, 2.45) is 5.92 Å². The fraction of sp³-hybridized carbons (Fsp3) is 0.304. The van der Waals surface area contributed by atoms with Crippen LogP contribution in [0.1, 0.15) is 48.3 Å². The zero-order chi connectivity index (χ0) is 22.2. The number of hydrogen-bond acceptors (Lipinski definition) is 3. The van der Waals surface area contributed by atoms with Crippen LogP contribution in [-0.2, 0) is 6.42 Å². The molecule has 158 valence electrons. The van der Waals surface area contributed by atoms with E-state index in [1.165, 1.54) is 19.4 Å². The van der Waals surface area contributed by atoms with Crippen LogP contribution in [0.25, 0.3) is 10.9 Å². The number of nitrogens with zero attached hydrogens (tertiary/aromatic N) is 1. The van der Waals surface area contributed by atoms with E-state index in [9.17, 15) is 19.1 Å². The zero-order valence-electron chi connectivity index (χ0n) is 17.2. The van der Waals surface area contributed by atoms with Gasteiger partial charge in [0, 0.05) is 30.1 Å². The normalized spacial score (nSPS) is 12.4. The molecule has 0 radical (unpaired) electrons. The summed E-state index contributed by atoms with van der Waals surface area (Å²) in [5.74, 6) is -1.14. The SMILES string of the molecule is COc1cc2c(cc1Cc1cccc(Cl)c1F)c(=O)c(C(=O)O)cn2C(C)C(C)C. The highest BCUT2D eigenvalue weighted by molar-refractivity contribution is 6.30. The van der Waals surface area contributed by atoms with Crippen molar-refractivity contribution < 1.29 is 19.0 Å². The van der Waals surface area contributed by atoms with Gasteiger partial charge in [-0.3, -0.25) is 4.79 Å². The second-order valence-electron chi connectivity index (χ2n) is 7.64. The van der Waals surface area contributed by atoms with E-state index in [1.807, 2.05) is 20.8 Å². The molecule has 0 aliphatic carbocycles. The third-order valence-electron chi connectivity index (χ3n) is 5.48. The molecule has 0 aliphatic heterocycles. The molecule has 0 aliphatic rings. The highest BCUT2D eigenvalue weighted by Gasteiger charge is 2.21. The Hall–Kier alpha value is -2.86. The minimum absolute atomic E-state index is 0.00790. The van der Waals surface area contributed by atoms with Crippen molar-refractivity contribution in [2.45, 2.75) is 33.2 Å². The van der Waals surface area contributed by atoms with Gasteiger partial charge in [-0.15, -0.1) is 0 Å². The van der Waals surface area contributed by atoms with Crippen LogP contribution in [0.5, 0.6) is 5.75 Å². The van der Waals surface area contributed by atoms with E-state index < -0.39 is 17.2 Å². The molecule has 7 heteroatoms. The summed E-state index contributed by atoms with van der Waals surface area (Å²) in [7, 11) is 1.50. The van der Waals surface area contributed by atoms with Crippen molar-refractivity contribution in [2.75, 3.05) is 7.11 Å². The minimum atomic E-state index is -1.29. The smallest absolute Gasteiger partial charge is 0.341 e. The number of carbonyl (C=O) groups is 1. The van der Waals surface area contributed by atoms with Crippen LogP contribution >= 0.6 is 11.6 Å². The third-order valence-corrected chi connectivity index (χ3v) is 5.77. The molecular weight excluding hydrogens is 409 g/mol. The minimum Gasteiger partial charge on any atom is -0.496 e. The van der Waals surface area contributed by atoms with Crippen LogP contribution < -0.4 is 10.2 Å². The quantitative estimate of drug-likeness (QED) is 0.574. The summed E-state index contributed by atoms with van der Waals surface area (Å²) in [6, 6.07) is 7.95. The van der Waals surface area contributed by atoms with Gasteiger partial charge in [0.05, 0.1) is 17.6 Å². The molecule has 0 spiro atoms. The maximum absolute atomic E-state index is 14.4. The summed E-state index contributed by atoms with van der Waals surface area (Å²) in [6.45, 7) is 5.99. The topological polar surface area (TPSA) is 68.5 Å². The second-order valence-corrected chi connectivity index (χ2v) is 8.05. The van der Waals surface area contributed by atoms with Gasteiger partial charge in [-0.25, -0.2) is 9.18 Å². The van der Waals surface area contributed by atoms with Gasteiger partial charge in [0.2, 0.25) is 5.43 Å². The molecule has 1 aromatic heterocycles. The van der Waals surface area contributed by atoms with Gasteiger partial charge < -0.3 is 14.4 Å². The number of rotatable bonds is 6. The van der Waals surface area contributed by atoms with Crippen LogP contribution in [0, 0.1) is 11.7 Å². The van der Waals surface area contributed by atoms with Gasteiger partial charge in [0.1, 0.15) is 17.1 Å². The number of aromatic nitrogens is 1. The molecule has 1 heterocycles. The van der Waals surface area contributed by atoms with Gasteiger partial charge >= 0.3 is 5.97 Å². The summed E-state index contributed by atoms with van der Waals surface area (Å²) in [6.07, 6.45) is 1.52. The summed E-state index contributed by atoms with van der Waals surface area (Å²) < 4.78 is 21.7. The first kappa shape index (κ1) is 21.8. The van der Waals surface area contributed by atoms with Gasteiger partial charge in [-0.1, -0.05) is 37.6 Å². The first-order chi connectivity index (χ1) is 14.1. The van der Waals surface area contributed by atoms with E-state index in [4.69, 9.17) is 16.3 Å². The maximum atomic E-state index is 14.4. The Bertz CT molecular complexity index is 1190. The van der Waals surface area contributed by atoms with Crippen molar-refractivity contribution in [1.29, 1.82) is 0 Å². The fourth-order valence-electron chi connectivity index (χ4n) is 3.45. The Balaban J connectivity index is 2.31. The van der Waals surface area contributed by atoms with Crippen LogP contribution in [0.4, 0.5) is 4.39 Å². The largest absolute Gasteiger partial charge is 0.496 e. The van der Waals surface area contributed by atoms with E-state index in [0.717, 1.165) is 0 Å². The lowest BCUT2D eigenvalue weighted by atomic mass is 9.99. The van der Waals surface area contributed by atoms with Gasteiger partial charge in [-0.2, -0.15) is 0 Å². The number of pyridine rings is 1. The number of hydrogen-bond donors (Lipinski definition) is 1. The number of benzene rings is 2. The third kappa shape index (κ3) is 3.92. The predicted octanol–water partition coefficient (Wildman–Crippen LogP) is 5.31. The molecule has 3 aromatic rings. The molecule has 0 saturated heterocycles. The Labute approximate surface area is 178 Å². The average Bonchev–Trinajstić information content (AvgIpc) is 2.70. The van der Waals surface area contributed by atoms with E-state index in [1.54, 1.807) is 28.8 Å². The first-order valence-electron chi connectivity index (χ1n) is 9.57. The van der Waals surface area contributed by atoms with Gasteiger partial charge in [0.15, 0.2) is 0 Å². The number of carboxylic acids is 1. The lowest BCUT2D eigenvalue weighted by Gasteiger charge is -2.23. The molecular formula is C23H23ClFNO4. The highest BCUT2D eigenvalue weighted by Crippen LogP contribution is 2.31. The molecule has 0 amide bonds. The van der Waals surface area contributed by atoms with E-state index in [2.05, 4.69) is 0 Å².